The molecule has 1 amide bonds. The molecular weight excluding hydrogens is 348 g/mol. The highest BCUT2D eigenvalue weighted by Gasteiger charge is 2.31. The van der Waals surface area contributed by atoms with Gasteiger partial charge >= 0.3 is 5.97 Å². The van der Waals surface area contributed by atoms with E-state index >= 15 is 0 Å². The number of carboxylic acids is 1. The van der Waals surface area contributed by atoms with Crippen LogP contribution in [0.4, 0.5) is 0 Å². The number of hydrogen-bond donors (Lipinski definition) is 2. The lowest BCUT2D eigenvalue weighted by molar-refractivity contribution is -0.142. The lowest BCUT2D eigenvalue weighted by atomic mass is 10.0. The molecule has 0 spiro atoms. The van der Waals surface area contributed by atoms with Crippen LogP contribution < -0.4 is 5.73 Å². The summed E-state index contributed by atoms with van der Waals surface area (Å²) in [4.78, 5) is 30.2. The van der Waals surface area contributed by atoms with Gasteiger partial charge in [-0.2, -0.15) is 4.98 Å². The van der Waals surface area contributed by atoms with Gasteiger partial charge < -0.3 is 20.3 Å². The van der Waals surface area contributed by atoms with Crippen molar-refractivity contribution in [1.82, 2.24) is 15.0 Å². The van der Waals surface area contributed by atoms with E-state index in [2.05, 4.69) is 10.1 Å². The van der Waals surface area contributed by atoms with E-state index in [1.54, 1.807) is 29.2 Å². The van der Waals surface area contributed by atoms with Gasteiger partial charge in [-0.15, -0.1) is 0 Å². The van der Waals surface area contributed by atoms with Crippen LogP contribution in [0, 0.1) is 5.92 Å². The van der Waals surface area contributed by atoms with Crippen LogP contribution in [0.2, 0.25) is 0 Å². The smallest absolute Gasteiger partial charge is 0.308 e. The van der Waals surface area contributed by atoms with E-state index in [1.807, 2.05) is 0 Å². The second-order valence-corrected chi connectivity index (χ2v) is 7.39. The minimum atomic E-state index is -0.888. The lowest BCUT2D eigenvalue weighted by Crippen LogP contribution is -2.41. The summed E-state index contributed by atoms with van der Waals surface area (Å²) in [6.45, 7) is 0.541. The van der Waals surface area contributed by atoms with E-state index in [4.69, 9.17) is 10.3 Å². The first-order chi connectivity index (χ1) is 13.0. The highest BCUT2D eigenvalue weighted by atomic mass is 16.5. The SMILES string of the molecule is N[C@@H]1CC[C@H](C(=O)O)CN(C(=O)c2ccc(-c3noc(C4CC4)n3)cc2)C1. The number of rotatable bonds is 4. The predicted octanol–water partition coefficient (Wildman–Crippen LogP) is 1.88. The van der Waals surface area contributed by atoms with E-state index in [9.17, 15) is 14.7 Å². The van der Waals surface area contributed by atoms with Crippen molar-refractivity contribution in [1.29, 1.82) is 0 Å². The number of benzene rings is 1. The molecule has 2 aromatic rings. The van der Waals surface area contributed by atoms with Crippen molar-refractivity contribution < 1.29 is 19.2 Å². The number of carbonyl (C=O) groups is 2. The van der Waals surface area contributed by atoms with Gasteiger partial charge in [0, 0.05) is 36.2 Å². The summed E-state index contributed by atoms with van der Waals surface area (Å²) in [6, 6.07) is 6.76. The van der Waals surface area contributed by atoms with E-state index in [-0.39, 0.29) is 18.5 Å². The van der Waals surface area contributed by atoms with Crippen LogP contribution in [0.1, 0.15) is 47.8 Å². The molecule has 3 N–H and O–H groups in total. The summed E-state index contributed by atoms with van der Waals surface area (Å²) in [6.07, 6.45) is 3.26. The van der Waals surface area contributed by atoms with E-state index < -0.39 is 11.9 Å². The Morgan fingerprint density at radius 1 is 1.11 bits per heavy atom. The molecule has 1 aliphatic carbocycles. The maximum absolute atomic E-state index is 12.8. The quantitative estimate of drug-likeness (QED) is 0.842. The minimum absolute atomic E-state index is 0.180. The maximum atomic E-state index is 12.8. The molecule has 0 radical (unpaired) electrons. The van der Waals surface area contributed by atoms with Gasteiger partial charge in [0.25, 0.3) is 5.91 Å². The number of carbonyl (C=O) groups excluding carboxylic acids is 1. The Kier molecular flexibility index (Phi) is 4.65. The zero-order valence-electron chi connectivity index (χ0n) is 14.9. The summed E-state index contributed by atoms with van der Waals surface area (Å²) in [5, 5.41) is 13.3. The highest BCUT2D eigenvalue weighted by Crippen LogP contribution is 2.39. The number of nitrogens with two attached hydrogens (primary N) is 1. The molecule has 1 saturated carbocycles. The minimum Gasteiger partial charge on any atom is -0.481 e. The van der Waals surface area contributed by atoms with Crippen LogP contribution in [-0.4, -0.2) is 51.2 Å². The molecule has 8 heteroatoms. The lowest BCUT2D eigenvalue weighted by Gasteiger charge is -2.24. The van der Waals surface area contributed by atoms with Crippen LogP contribution in [0.3, 0.4) is 0 Å². The van der Waals surface area contributed by atoms with Crippen LogP contribution in [-0.2, 0) is 4.79 Å². The van der Waals surface area contributed by atoms with Gasteiger partial charge in [0.2, 0.25) is 11.7 Å². The zero-order chi connectivity index (χ0) is 19.0. The number of likely N-dealkylation sites (tertiary alicyclic amines) is 1. The summed E-state index contributed by atoms with van der Waals surface area (Å²) in [5.41, 5.74) is 7.29. The van der Waals surface area contributed by atoms with Crippen LogP contribution in [0.5, 0.6) is 0 Å². The fraction of sp³-hybridized carbons (Fsp3) is 0.474. The first-order valence-corrected chi connectivity index (χ1v) is 9.23. The third kappa shape index (κ3) is 3.85. The van der Waals surface area contributed by atoms with Gasteiger partial charge in [0.15, 0.2) is 0 Å². The van der Waals surface area contributed by atoms with Crippen LogP contribution >= 0.6 is 0 Å². The van der Waals surface area contributed by atoms with Gasteiger partial charge in [0.05, 0.1) is 5.92 Å². The molecule has 1 aromatic carbocycles. The number of amides is 1. The molecule has 8 nitrogen and oxygen atoms in total. The Morgan fingerprint density at radius 3 is 2.52 bits per heavy atom. The van der Waals surface area contributed by atoms with Crippen LogP contribution in [0.15, 0.2) is 28.8 Å². The molecular formula is C19H22N4O4. The Morgan fingerprint density at radius 2 is 1.85 bits per heavy atom. The van der Waals surface area contributed by atoms with E-state index in [0.717, 1.165) is 18.4 Å². The molecule has 1 aliphatic heterocycles. The second-order valence-electron chi connectivity index (χ2n) is 7.39. The van der Waals surface area contributed by atoms with Crippen molar-refractivity contribution in [3.05, 3.63) is 35.7 Å². The maximum Gasteiger partial charge on any atom is 0.308 e. The van der Waals surface area contributed by atoms with Gasteiger partial charge in [-0.25, -0.2) is 0 Å². The fourth-order valence-corrected chi connectivity index (χ4v) is 3.38. The molecule has 1 aromatic heterocycles. The molecule has 0 unspecified atom stereocenters. The average molecular weight is 370 g/mol. The third-order valence-electron chi connectivity index (χ3n) is 5.18. The topological polar surface area (TPSA) is 123 Å². The molecule has 142 valence electrons. The molecule has 2 fully saturated rings. The summed E-state index contributed by atoms with van der Waals surface area (Å²) in [7, 11) is 0. The number of nitrogens with zero attached hydrogens (tertiary/aromatic N) is 3. The third-order valence-corrected chi connectivity index (χ3v) is 5.18. The van der Waals surface area contributed by atoms with Crippen molar-refractivity contribution in [2.75, 3.05) is 13.1 Å². The molecule has 0 bridgehead atoms. The monoisotopic (exact) mass is 370 g/mol. The Bertz CT molecular complexity index is 844. The second kappa shape index (κ2) is 7.11. The van der Waals surface area contributed by atoms with E-state index in [1.165, 1.54) is 0 Å². The fourth-order valence-electron chi connectivity index (χ4n) is 3.38. The standard InChI is InChI=1S/C19H22N4O4/c20-15-8-7-14(19(25)26)9-23(10-15)18(24)13-5-1-11(2-6-13)16-21-17(27-22-16)12-3-4-12/h1-2,5-6,12,14-15H,3-4,7-10,20H2,(H,25,26)/t14-,15+/m0/s1. The van der Waals surface area contributed by atoms with Crippen molar-refractivity contribution in [3.8, 4) is 11.4 Å². The Balaban J connectivity index is 1.49. The molecule has 1 saturated heterocycles. The summed E-state index contributed by atoms with van der Waals surface area (Å²) >= 11 is 0. The molecule has 4 rings (SSSR count). The van der Waals surface area contributed by atoms with Gasteiger partial charge in [-0.1, -0.05) is 17.3 Å². The normalized spacial score (nSPS) is 23.1. The van der Waals surface area contributed by atoms with E-state index in [0.29, 0.717) is 42.6 Å². The molecule has 2 aliphatic rings. The first kappa shape index (κ1) is 17.7. The first-order valence-electron chi connectivity index (χ1n) is 9.23. The molecule has 2 heterocycles. The predicted molar refractivity (Wildman–Crippen MR) is 95.9 cm³/mol. The largest absolute Gasteiger partial charge is 0.481 e. The van der Waals surface area contributed by atoms with Crippen molar-refractivity contribution in [2.24, 2.45) is 11.7 Å². The van der Waals surface area contributed by atoms with Gasteiger partial charge in [0.1, 0.15) is 0 Å². The van der Waals surface area contributed by atoms with Gasteiger partial charge in [-0.3, -0.25) is 9.59 Å². The number of hydrogen-bond acceptors (Lipinski definition) is 6. The molecule has 2 atom stereocenters. The number of carboxylic acid groups (broad SMARTS) is 1. The Labute approximate surface area is 156 Å². The Hall–Kier alpha value is -2.74. The molecule has 27 heavy (non-hydrogen) atoms. The average Bonchev–Trinajstić information content (AvgIpc) is 3.43. The summed E-state index contributed by atoms with van der Waals surface area (Å²) in [5.74, 6) is -0.108. The number of aliphatic carboxylic acids is 1. The highest BCUT2D eigenvalue weighted by molar-refractivity contribution is 5.95. The van der Waals surface area contributed by atoms with Crippen LogP contribution in [0.25, 0.3) is 11.4 Å². The van der Waals surface area contributed by atoms with Crippen molar-refractivity contribution in [3.63, 3.8) is 0 Å². The number of aromatic nitrogens is 2. The van der Waals surface area contributed by atoms with Gasteiger partial charge in [-0.05, 0) is 37.8 Å². The van der Waals surface area contributed by atoms with Crippen molar-refractivity contribution >= 4 is 11.9 Å². The van der Waals surface area contributed by atoms with Crippen molar-refractivity contribution in [2.45, 2.75) is 37.6 Å². The zero-order valence-corrected chi connectivity index (χ0v) is 14.9. The summed E-state index contributed by atoms with van der Waals surface area (Å²) < 4.78 is 5.27.